The van der Waals surface area contributed by atoms with Gasteiger partial charge in [0.1, 0.15) is 5.76 Å². The molecule has 0 atom stereocenters. The first-order valence-corrected chi connectivity index (χ1v) is 11.3. The summed E-state index contributed by atoms with van der Waals surface area (Å²) >= 11 is 1.55. The third kappa shape index (κ3) is 4.63. The van der Waals surface area contributed by atoms with Crippen molar-refractivity contribution in [3.05, 3.63) is 108 Å². The zero-order valence-electron chi connectivity index (χ0n) is 17.7. The number of amides is 3. The molecule has 1 aliphatic rings. The number of nitrogens with one attached hydrogen (secondary N) is 2. The molecule has 164 valence electrons. The Morgan fingerprint density at radius 1 is 0.909 bits per heavy atom. The van der Waals surface area contributed by atoms with Crippen LogP contribution in [0.25, 0.3) is 0 Å². The fourth-order valence-electron chi connectivity index (χ4n) is 3.68. The van der Waals surface area contributed by atoms with Gasteiger partial charge in [-0.25, -0.2) is 4.79 Å². The zero-order chi connectivity index (χ0) is 22.6. The third-order valence-corrected chi connectivity index (χ3v) is 6.42. The van der Waals surface area contributed by atoms with E-state index >= 15 is 0 Å². The smallest absolute Gasteiger partial charge is 0.319 e. The summed E-state index contributed by atoms with van der Waals surface area (Å²) < 4.78 is 5.25. The zero-order valence-corrected chi connectivity index (χ0v) is 18.5. The molecule has 3 amide bonds. The third-order valence-electron chi connectivity index (χ3n) is 5.28. The number of benzene rings is 3. The van der Waals surface area contributed by atoms with E-state index < -0.39 is 0 Å². The highest BCUT2D eigenvalue weighted by atomic mass is 32.2. The highest BCUT2D eigenvalue weighted by Crippen LogP contribution is 2.43. The van der Waals surface area contributed by atoms with Crippen LogP contribution >= 0.6 is 11.8 Å². The van der Waals surface area contributed by atoms with Crippen LogP contribution in [0.15, 0.2) is 105 Å². The van der Waals surface area contributed by atoms with Gasteiger partial charge in [-0.05, 0) is 48.0 Å². The Bertz CT molecular complexity index is 1290. The molecule has 1 aromatic heterocycles. The molecule has 0 bridgehead atoms. The molecule has 0 spiro atoms. The van der Waals surface area contributed by atoms with Crippen molar-refractivity contribution in [3.8, 4) is 0 Å². The summed E-state index contributed by atoms with van der Waals surface area (Å²) in [6, 6.07) is 26.4. The summed E-state index contributed by atoms with van der Waals surface area (Å²) in [7, 11) is 0. The van der Waals surface area contributed by atoms with Crippen molar-refractivity contribution >= 4 is 35.1 Å². The van der Waals surface area contributed by atoms with Crippen LogP contribution in [0.5, 0.6) is 0 Å². The number of furan rings is 1. The fourth-order valence-corrected chi connectivity index (χ4v) is 4.74. The van der Waals surface area contributed by atoms with Gasteiger partial charge in [0.15, 0.2) is 0 Å². The van der Waals surface area contributed by atoms with Crippen LogP contribution in [0, 0.1) is 0 Å². The number of hydrogen-bond donors (Lipinski definition) is 2. The lowest BCUT2D eigenvalue weighted by atomic mass is 10.1. The lowest BCUT2D eigenvalue weighted by Gasteiger charge is -2.24. The maximum atomic E-state index is 13.6. The largest absolute Gasteiger partial charge is 0.467 e. The number of fused-ring (bicyclic) bond motifs is 2. The highest BCUT2D eigenvalue weighted by Gasteiger charge is 2.27. The lowest BCUT2D eigenvalue weighted by molar-refractivity contribution is 0.0982. The first kappa shape index (κ1) is 20.9. The van der Waals surface area contributed by atoms with Crippen molar-refractivity contribution in [3.63, 3.8) is 0 Å². The van der Waals surface area contributed by atoms with Gasteiger partial charge in [-0.15, -0.1) is 0 Å². The van der Waals surface area contributed by atoms with Gasteiger partial charge >= 0.3 is 6.03 Å². The molecule has 6 nitrogen and oxygen atoms in total. The molecular weight excluding hydrogens is 434 g/mol. The molecule has 7 heteroatoms. The Hall–Kier alpha value is -3.97. The molecule has 0 aliphatic carbocycles. The van der Waals surface area contributed by atoms with Crippen LogP contribution < -0.4 is 15.5 Å². The van der Waals surface area contributed by atoms with Gasteiger partial charge in [0.25, 0.3) is 5.91 Å². The molecule has 5 rings (SSSR count). The molecule has 0 fully saturated rings. The van der Waals surface area contributed by atoms with Crippen LogP contribution in [0.1, 0.15) is 21.7 Å². The van der Waals surface area contributed by atoms with E-state index in [1.807, 2.05) is 72.8 Å². The molecule has 0 unspecified atom stereocenters. The SMILES string of the molecule is O=C(NCc1ccco1)Nc1ccc2c(c1)N(Cc1ccccc1)C(=O)c1ccccc1S2. The van der Waals surface area contributed by atoms with Gasteiger partial charge in [0, 0.05) is 15.5 Å². The summed E-state index contributed by atoms with van der Waals surface area (Å²) in [4.78, 5) is 29.6. The number of carbonyl (C=O) groups excluding carboxylic acids is 2. The average molecular weight is 456 g/mol. The summed E-state index contributed by atoms with van der Waals surface area (Å²) in [6.07, 6.45) is 1.56. The van der Waals surface area contributed by atoms with Crippen molar-refractivity contribution < 1.29 is 14.0 Å². The minimum Gasteiger partial charge on any atom is -0.467 e. The molecule has 0 saturated heterocycles. The summed E-state index contributed by atoms with van der Waals surface area (Å²) in [5, 5.41) is 5.63. The second-order valence-corrected chi connectivity index (χ2v) is 8.63. The van der Waals surface area contributed by atoms with E-state index in [0.717, 1.165) is 21.0 Å². The van der Waals surface area contributed by atoms with E-state index in [1.165, 1.54) is 0 Å². The normalized spacial score (nSPS) is 12.5. The van der Waals surface area contributed by atoms with E-state index in [1.54, 1.807) is 35.1 Å². The lowest BCUT2D eigenvalue weighted by Crippen LogP contribution is -2.31. The standard InChI is InChI=1S/C26H21N3O3S/c30-25-21-10-4-5-11-23(21)33-24-13-12-19(28-26(31)27-16-20-9-6-14-32-20)15-22(24)29(25)17-18-7-2-1-3-8-18/h1-15H,16-17H2,(H2,27,28,31). The Balaban J connectivity index is 1.45. The number of carbonyl (C=O) groups is 2. The molecule has 4 aromatic rings. The molecular formula is C26H21N3O3S. The van der Waals surface area contributed by atoms with E-state index in [0.29, 0.717) is 23.6 Å². The Morgan fingerprint density at radius 2 is 1.73 bits per heavy atom. The van der Waals surface area contributed by atoms with E-state index in [2.05, 4.69) is 10.6 Å². The number of urea groups is 1. The van der Waals surface area contributed by atoms with E-state index in [9.17, 15) is 9.59 Å². The molecule has 1 aliphatic heterocycles. The monoisotopic (exact) mass is 455 g/mol. The van der Waals surface area contributed by atoms with Crippen LogP contribution in [-0.4, -0.2) is 11.9 Å². The van der Waals surface area contributed by atoms with Gasteiger partial charge in [-0.2, -0.15) is 0 Å². The van der Waals surface area contributed by atoms with Gasteiger partial charge in [0.2, 0.25) is 0 Å². The number of nitrogens with zero attached hydrogens (tertiary/aromatic N) is 1. The molecule has 33 heavy (non-hydrogen) atoms. The van der Waals surface area contributed by atoms with Crippen LogP contribution in [0.2, 0.25) is 0 Å². The van der Waals surface area contributed by atoms with Gasteiger partial charge < -0.3 is 20.0 Å². The minimum absolute atomic E-state index is 0.0693. The Labute approximate surface area is 195 Å². The molecule has 3 aromatic carbocycles. The maximum absolute atomic E-state index is 13.6. The Kier molecular flexibility index (Phi) is 5.87. The van der Waals surface area contributed by atoms with Gasteiger partial charge in [-0.3, -0.25) is 4.79 Å². The van der Waals surface area contributed by atoms with Gasteiger partial charge in [0.05, 0.1) is 30.6 Å². The predicted octanol–water partition coefficient (Wildman–Crippen LogP) is 5.91. The first-order chi connectivity index (χ1) is 16.2. The highest BCUT2D eigenvalue weighted by molar-refractivity contribution is 7.99. The van der Waals surface area contributed by atoms with Crippen molar-refractivity contribution in [2.45, 2.75) is 22.9 Å². The summed E-state index contributed by atoms with van der Waals surface area (Å²) in [5.74, 6) is 0.598. The summed E-state index contributed by atoms with van der Waals surface area (Å²) in [6.45, 7) is 0.712. The van der Waals surface area contributed by atoms with Crippen LogP contribution in [-0.2, 0) is 13.1 Å². The van der Waals surface area contributed by atoms with Crippen LogP contribution in [0.3, 0.4) is 0 Å². The van der Waals surface area contributed by atoms with Crippen molar-refractivity contribution in [1.82, 2.24) is 5.32 Å². The predicted molar refractivity (Wildman–Crippen MR) is 129 cm³/mol. The molecule has 0 radical (unpaired) electrons. The van der Waals surface area contributed by atoms with Crippen molar-refractivity contribution in [2.24, 2.45) is 0 Å². The maximum Gasteiger partial charge on any atom is 0.319 e. The van der Waals surface area contributed by atoms with Crippen molar-refractivity contribution in [2.75, 3.05) is 10.2 Å². The quantitative estimate of drug-likeness (QED) is 0.392. The first-order valence-electron chi connectivity index (χ1n) is 10.5. The van der Waals surface area contributed by atoms with Gasteiger partial charge in [-0.1, -0.05) is 54.2 Å². The second kappa shape index (κ2) is 9.26. The summed E-state index contributed by atoms with van der Waals surface area (Å²) in [5.41, 5.74) is 3.05. The van der Waals surface area contributed by atoms with Crippen molar-refractivity contribution in [1.29, 1.82) is 0 Å². The van der Waals surface area contributed by atoms with E-state index in [4.69, 9.17) is 4.42 Å². The van der Waals surface area contributed by atoms with Crippen LogP contribution in [0.4, 0.5) is 16.2 Å². The second-order valence-electron chi connectivity index (χ2n) is 7.54. The molecule has 0 saturated carbocycles. The molecule has 2 N–H and O–H groups in total. The Morgan fingerprint density at radius 3 is 2.55 bits per heavy atom. The fraction of sp³-hybridized carbons (Fsp3) is 0.0769. The number of anilines is 2. The number of hydrogen-bond acceptors (Lipinski definition) is 4. The minimum atomic E-state index is -0.350. The average Bonchev–Trinajstić information content (AvgIpc) is 3.33. The molecule has 2 heterocycles. The number of rotatable bonds is 5. The van der Waals surface area contributed by atoms with E-state index in [-0.39, 0.29) is 18.5 Å². The topological polar surface area (TPSA) is 74.6 Å².